The lowest BCUT2D eigenvalue weighted by atomic mass is 9.93. The van der Waals surface area contributed by atoms with E-state index in [9.17, 15) is 8.42 Å². The number of hydrogen-bond donors (Lipinski definition) is 1. The molecule has 1 aliphatic rings. The number of anilines is 1. The molecule has 112 valence electrons. The standard InChI is InChI=1S/C14H22N2O3S/c1-16(12-4-6-13(19-2)7-5-12)14(10-15)8-3-9-20(17,18)11-14/h4-7H,3,8-11,15H2,1-2H3. The number of benzene rings is 1. The number of methoxy groups -OCH3 is 1. The summed E-state index contributed by atoms with van der Waals surface area (Å²) in [5.74, 6) is 1.17. The molecular weight excluding hydrogens is 276 g/mol. The number of ether oxygens (including phenoxy) is 1. The van der Waals surface area contributed by atoms with Crippen molar-refractivity contribution in [1.29, 1.82) is 0 Å². The van der Waals surface area contributed by atoms with Gasteiger partial charge in [0.1, 0.15) is 5.75 Å². The second kappa shape index (κ2) is 5.61. The number of sulfone groups is 1. The maximum Gasteiger partial charge on any atom is 0.152 e. The van der Waals surface area contributed by atoms with Crippen LogP contribution in [-0.2, 0) is 9.84 Å². The van der Waals surface area contributed by atoms with E-state index in [0.29, 0.717) is 13.0 Å². The average molecular weight is 298 g/mol. The summed E-state index contributed by atoms with van der Waals surface area (Å²) in [6.07, 6.45) is 1.46. The number of nitrogens with two attached hydrogens (primary N) is 1. The van der Waals surface area contributed by atoms with Crippen LogP contribution in [0.2, 0.25) is 0 Å². The van der Waals surface area contributed by atoms with Gasteiger partial charge in [0.15, 0.2) is 9.84 Å². The van der Waals surface area contributed by atoms with Gasteiger partial charge in [-0.25, -0.2) is 8.42 Å². The van der Waals surface area contributed by atoms with Gasteiger partial charge in [-0.05, 0) is 37.1 Å². The third-order valence-corrected chi connectivity index (χ3v) is 6.03. The fourth-order valence-electron chi connectivity index (χ4n) is 2.82. The molecule has 2 rings (SSSR count). The monoisotopic (exact) mass is 298 g/mol. The number of nitrogens with zero attached hydrogens (tertiary/aromatic N) is 1. The lowest BCUT2D eigenvalue weighted by Gasteiger charge is -2.44. The Morgan fingerprint density at radius 2 is 2.00 bits per heavy atom. The van der Waals surface area contributed by atoms with E-state index < -0.39 is 15.4 Å². The van der Waals surface area contributed by atoms with E-state index in [0.717, 1.165) is 17.9 Å². The molecular formula is C14H22N2O3S. The molecule has 5 nitrogen and oxygen atoms in total. The van der Waals surface area contributed by atoms with Crippen molar-refractivity contribution >= 4 is 15.5 Å². The van der Waals surface area contributed by atoms with Crippen LogP contribution >= 0.6 is 0 Å². The molecule has 0 radical (unpaired) electrons. The zero-order valence-electron chi connectivity index (χ0n) is 12.0. The van der Waals surface area contributed by atoms with Crippen LogP contribution in [0.15, 0.2) is 24.3 Å². The van der Waals surface area contributed by atoms with Crippen molar-refractivity contribution in [3.8, 4) is 5.75 Å². The Labute approximate surface area is 120 Å². The average Bonchev–Trinajstić information content (AvgIpc) is 2.45. The highest BCUT2D eigenvalue weighted by Gasteiger charge is 2.41. The highest BCUT2D eigenvalue weighted by Crippen LogP contribution is 2.32. The quantitative estimate of drug-likeness (QED) is 0.899. The Balaban J connectivity index is 2.30. The summed E-state index contributed by atoms with van der Waals surface area (Å²) in [6.45, 7) is 0.328. The van der Waals surface area contributed by atoms with Crippen molar-refractivity contribution < 1.29 is 13.2 Å². The number of rotatable bonds is 4. The van der Waals surface area contributed by atoms with Crippen LogP contribution in [0.4, 0.5) is 5.69 Å². The Morgan fingerprint density at radius 3 is 2.50 bits per heavy atom. The maximum absolute atomic E-state index is 12.0. The van der Waals surface area contributed by atoms with Gasteiger partial charge in [0.05, 0.1) is 24.2 Å². The van der Waals surface area contributed by atoms with Gasteiger partial charge >= 0.3 is 0 Å². The van der Waals surface area contributed by atoms with Gasteiger partial charge in [-0.3, -0.25) is 0 Å². The van der Waals surface area contributed by atoms with Crippen LogP contribution < -0.4 is 15.4 Å². The fraction of sp³-hybridized carbons (Fsp3) is 0.571. The molecule has 0 aromatic heterocycles. The zero-order chi connectivity index (χ0) is 14.8. The molecule has 2 N–H and O–H groups in total. The van der Waals surface area contributed by atoms with Gasteiger partial charge in [0.25, 0.3) is 0 Å². The van der Waals surface area contributed by atoms with Crippen molar-refractivity contribution in [2.75, 3.05) is 37.1 Å². The van der Waals surface area contributed by atoms with Crippen molar-refractivity contribution in [2.45, 2.75) is 18.4 Å². The first-order valence-corrected chi connectivity index (χ1v) is 8.53. The van der Waals surface area contributed by atoms with E-state index in [1.165, 1.54) is 0 Å². The van der Waals surface area contributed by atoms with Gasteiger partial charge in [0.2, 0.25) is 0 Å². The van der Waals surface area contributed by atoms with E-state index in [1.54, 1.807) is 7.11 Å². The summed E-state index contributed by atoms with van der Waals surface area (Å²) in [6, 6.07) is 7.59. The van der Waals surface area contributed by atoms with Crippen LogP contribution in [0.1, 0.15) is 12.8 Å². The SMILES string of the molecule is COc1ccc(N(C)C2(CN)CCCS(=O)(=O)C2)cc1. The largest absolute Gasteiger partial charge is 0.497 e. The van der Waals surface area contributed by atoms with Gasteiger partial charge in [-0.2, -0.15) is 0 Å². The molecule has 0 spiro atoms. The predicted molar refractivity (Wildman–Crippen MR) is 81.1 cm³/mol. The smallest absolute Gasteiger partial charge is 0.152 e. The zero-order valence-corrected chi connectivity index (χ0v) is 12.8. The van der Waals surface area contributed by atoms with E-state index >= 15 is 0 Å². The van der Waals surface area contributed by atoms with Crippen molar-refractivity contribution in [3.05, 3.63) is 24.3 Å². The van der Waals surface area contributed by atoms with Crippen molar-refractivity contribution in [1.82, 2.24) is 0 Å². The highest BCUT2D eigenvalue weighted by molar-refractivity contribution is 7.91. The molecule has 0 bridgehead atoms. The summed E-state index contributed by atoms with van der Waals surface area (Å²) >= 11 is 0. The molecule has 6 heteroatoms. The molecule has 0 amide bonds. The molecule has 1 aliphatic heterocycles. The number of likely N-dealkylation sites (N-methyl/N-ethyl adjacent to an activating group) is 1. The second-order valence-electron chi connectivity index (χ2n) is 5.38. The Bertz CT molecular complexity index is 556. The topological polar surface area (TPSA) is 72.6 Å². The molecule has 1 fully saturated rings. The van der Waals surface area contributed by atoms with E-state index in [2.05, 4.69) is 0 Å². The first-order valence-electron chi connectivity index (χ1n) is 6.71. The van der Waals surface area contributed by atoms with Crippen LogP contribution in [0.5, 0.6) is 5.75 Å². The lowest BCUT2D eigenvalue weighted by molar-refractivity contribution is 0.397. The van der Waals surface area contributed by atoms with Gasteiger partial charge in [0, 0.05) is 19.3 Å². The molecule has 1 aromatic carbocycles. The third-order valence-electron chi connectivity index (χ3n) is 4.14. The van der Waals surface area contributed by atoms with Crippen LogP contribution in [0, 0.1) is 0 Å². The van der Waals surface area contributed by atoms with E-state index in [1.807, 2.05) is 36.2 Å². The minimum absolute atomic E-state index is 0.124. The lowest BCUT2D eigenvalue weighted by Crippen LogP contribution is -2.59. The van der Waals surface area contributed by atoms with Crippen LogP contribution in [-0.4, -0.2) is 46.2 Å². The van der Waals surface area contributed by atoms with Gasteiger partial charge < -0.3 is 15.4 Å². The van der Waals surface area contributed by atoms with Gasteiger partial charge in [-0.15, -0.1) is 0 Å². The molecule has 0 saturated carbocycles. The Kier molecular flexibility index (Phi) is 4.25. The highest BCUT2D eigenvalue weighted by atomic mass is 32.2. The Morgan fingerprint density at radius 1 is 1.35 bits per heavy atom. The minimum Gasteiger partial charge on any atom is -0.497 e. The molecule has 0 aliphatic carbocycles. The summed E-state index contributed by atoms with van der Waals surface area (Å²) < 4.78 is 29.1. The fourth-order valence-corrected chi connectivity index (χ4v) is 4.82. The van der Waals surface area contributed by atoms with Crippen molar-refractivity contribution in [2.24, 2.45) is 5.73 Å². The third kappa shape index (κ3) is 2.91. The molecule has 1 atom stereocenters. The van der Waals surface area contributed by atoms with E-state index in [-0.39, 0.29) is 11.5 Å². The predicted octanol–water partition coefficient (Wildman–Crippen LogP) is 1.04. The van der Waals surface area contributed by atoms with Crippen LogP contribution in [0.25, 0.3) is 0 Å². The second-order valence-corrected chi connectivity index (χ2v) is 7.57. The van der Waals surface area contributed by atoms with Crippen molar-refractivity contribution in [3.63, 3.8) is 0 Å². The molecule has 1 unspecified atom stereocenters. The first-order chi connectivity index (χ1) is 9.42. The van der Waals surface area contributed by atoms with Gasteiger partial charge in [-0.1, -0.05) is 0 Å². The van der Waals surface area contributed by atoms with E-state index in [4.69, 9.17) is 10.5 Å². The summed E-state index contributed by atoms with van der Waals surface area (Å²) in [4.78, 5) is 2.00. The summed E-state index contributed by atoms with van der Waals surface area (Å²) in [5, 5.41) is 0. The Hall–Kier alpha value is -1.27. The summed E-state index contributed by atoms with van der Waals surface area (Å²) in [5.41, 5.74) is 6.37. The molecule has 1 heterocycles. The molecule has 1 saturated heterocycles. The first kappa shape index (κ1) is 15.1. The van der Waals surface area contributed by atoms with Crippen LogP contribution in [0.3, 0.4) is 0 Å². The molecule has 20 heavy (non-hydrogen) atoms. The number of hydrogen-bond acceptors (Lipinski definition) is 5. The molecule has 1 aromatic rings. The maximum atomic E-state index is 12.0. The minimum atomic E-state index is -3.01. The normalized spacial score (nSPS) is 25.1. The summed E-state index contributed by atoms with van der Waals surface area (Å²) in [7, 11) is 0.516.